The lowest BCUT2D eigenvalue weighted by Crippen LogP contribution is -2.43. The van der Waals surface area contributed by atoms with Crippen LogP contribution in [-0.4, -0.2) is 12.1 Å². The third kappa shape index (κ3) is 4.94. The zero-order valence-electron chi connectivity index (χ0n) is 11.1. The Labute approximate surface area is 117 Å². The first-order valence-corrected chi connectivity index (χ1v) is 7.53. The Hall–Kier alpha value is -0.120. The van der Waals surface area contributed by atoms with Gasteiger partial charge in [0, 0.05) is 26.8 Å². The second kappa shape index (κ2) is 5.68. The van der Waals surface area contributed by atoms with Crippen LogP contribution >= 0.6 is 27.3 Å². The van der Waals surface area contributed by atoms with Crippen LogP contribution in [0.2, 0.25) is 0 Å². The van der Waals surface area contributed by atoms with Gasteiger partial charge in [0.25, 0.3) is 0 Å². The van der Waals surface area contributed by atoms with Crippen molar-refractivity contribution >= 4 is 27.3 Å². The first kappa shape index (κ1) is 14.9. The molecule has 0 aromatic carbocycles. The van der Waals surface area contributed by atoms with Crippen LogP contribution in [0.3, 0.4) is 0 Å². The Morgan fingerprint density at radius 2 is 2.06 bits per heavy atom. The molecule has 0 fully saturated rings. The molecule has 1 unspecified atom stereocenters. The largest absolute Gasteiger partial charge is 0.311 e. The number of nitrogens with one attached hydrogen (secondary N) is 1. The quantitative estimate of drug-likeness (QED) is 0.781. The Kier molecular flexibility index (Phi) is 4.99. The van der Waals surface area contributed by atoms with Gasteiger partial charge in [-0.15, -0.1) is 17.9 Å². The second-order valence-corrected chi connectivity index (χ2v) is 7.69. The van der Waals surface area contributed by atoms with Crippen LogP contribution in [0.4, 0.5) is 0 Å². The van der Waals surface area contributed by atoms with E-state index in [1.807, 2.05) is 0 Å². The van der Waals surface area contributed by atoms with E-state index in [0.29, 0.717) is 0 Å². The molecule has 0 saturated carbocycles. The van der Waals surface area contributed by atoms with Crippen molar-refractivity contribution in [3.05, 3.63) is 33.5 Å². The van der Waals surface area contributed by atoms with Crippen LogP contribution in [0.5, 0.6) is 0 Å². The van der Waals surface area contributed by atoms with Crippen LogP contribution in [0, 0.1) is 5.41 Å². The summed E-state index contributed by atoms with van der Waals surface area (Å²) in [6, 6.07) is 2.11. The summed E-state index contributed by atoms with van der Waals surface area (Å²) in [4.78, 5) is 1.39. The Morgan fingerprint density at radius 1 is 1.41 bits per heavy atom. The molecule has 1 aromatic rings. The molecular formula is C14H22BrNS. The molecule has 1 atom stereocenters. The number of hydrogen-bond acceptors (Lipinski definition) is 2. The van der Waals surface area contributed by atoms with Gasteiger partial charge in [0.05, 0.1) is 0 Å². The topological polar surface area (TPSA) is 12.0 Å². The molecule has 1 nitrogen and oxygen atoms in total. The van der Waals surface area contributed by atoms with E-state index in [1.165, 1.54) is 9.35 Å². The lowest BCUT2D eigenvalue weighted by atomic mass is 9.85. The van der Waals surface area contributed by atoms with Gasteiger partial charge < -0.3 is 5.32 Å². The molecule has 0 aliphatic carbocycles. The van der Waals surface area contributed by atoms with Crippen molar-refractivity contribution in [3.8, 4) is 0 Å². The third-order valence-electron chi connectivity index (χ3n) is 2.77. The van der Waals surface area contributed by atoms with Gasteiger partial charge in [0.1, 0.15) is 0 Å². The van der Waals surface area contributed by atoms with Crippen molar-refractivity contribution in [2.24, 2.45) is 5.41 Å². The second-order valence-electron chi connectivity index (χ2n) is 5.83. The molecule has 1 N–H and O–H groups in total. The van der Waals surface area contributed by atoms with Gasteiger partial charge in [-0.25, -0.2) is 0 Å². The van der Waals surface area contributed by atoms with Gasteiger partial charge in [0.2, 0.25) is 0 Å². The summed E-state index contributed by atoms with van der Waals surface area (Å²) in [7, 11) is 0. The Balaban J connectivity index is 2.69. The van der Waals surface area contributed by atoms with Gasteiger partial charge in [-0.3, -0.25) is 0 Å². The fourth-order valence-electron chi connectivity index (χ4n) is 1.49. The van der Waals surface area contributed by atoms with Gasteiger partial charge in [-0.05, 0) is 54.6 Å². The molecule has 3 heteroatoms. The minimum atomic E-state index is 0.0979. The molecule has 0 aliphatic rings. The van der Waals surface area contributed by atoms with Crippen LogP contribution in [-0.2, 0) is 6.42 Å². The summed E-state index contributed by atoms with van der Waals surface area (Å²) in [5.41, 5.74) is 0.248. The SMILES string of the molecule is C=CC(C)(CNC(C)(C)C)Cc1sccc1Br. The van der Waals surface area contributed by atoms with Crippen molar-refractivity contribution in [1.82, 2.24) is 5.32 Å². The first-order valence-electron chi connectivity index (χ1n) is 5.86. The molecule has 96 valence electrons. The highest BCUT2D eigenvalue weighted by Gasteiger charge is 2.24. The van der Waals surface area contributed by atoms with E-state index in [4.69, 9.17) is 0 Å². The maximum absolute atomic E-state index is 3.99. The smallest absolute Gasteiger partial charge is 0.0314 e. The summed E-state index contributed by atoms with van der Waals surface area (Å²) in [5.74, 6) is 0. The van der Waals surface area contributed by atoms with Gasteiger partial charge in [-0.2, -0.15) is 0 Å². The van der Waals surface area contributed by atoms with Crippen molar-refractivity contribution in [2.75, 3.05) is 6.54 Å². The van der Waals surface area contributed by atoms with Gasteiger partial charge >= 0.3 is 0 Å². The molecule has 0 amide bonds. The molecule has 0 saturated heterocycles. The number of halogens is 1. The van der Waals surface area contributed by atoms with Crippen molar-refractivity contribution in [3.63, 3.8) is 0 Å². The summed E-state index contributed by atoms with van der Waals surface area (Å²) >= 11 is 5.40. The summed E-state index contributed by atoms with van der Waals surface area (Å²) in [6.45, 7) is 13.8. The van der Waals surface area contributed by atoms with Gasteiger partial charge in [0.15, 0.2) is 0 Å². The molecule has 1 rings (SSSR count). The third-order valence-corrected chi connectivity index (χ3v) is 4.70. The molecule has 0 bridgehead atoms. The predicted octanol–water partition coefficient (Wildman–Crippen LogP) is 4.63. The standard InChI is InChI=1S/C14H22BrNS/c1-6-14(5,10-16-13(2,3)4)9-12-11(15)7-8-17-12/h6-8,16H,1,9-10H2,2-5H3. The van der Waals surface area contributed by atoms with E-state index in [1.54, 1.807) is 11.3 Å². The monoisotopic (exact) mass is 315 g/mol. The molecular weight excluding hydrogens is 294 g/mol. The normalized spacial score (nSPS) is 15.6. The van der Waals surface area contributed by atoms with Crippen LogP contribution in [0.25, 0.3) is 0 Å². The van der Waals surface area contributed by atoms with Crippen LogP contribution < -0.4 is 5.32 Å². The minimum Gasteiger partial charge on any atom is -0.311 e. The van der Waals surface area contributed by atoms with E-state index in [2.05, 4.69) is 73.0 Å². The minimum absolute atomic E-state index is 0.0979. The summed E-state index contributed by atoms with van der Waals surface area (Å²) in [5, 5.41) is 5.69. The zero-order valence-corrected chi connectivity index (χ0v) is 13.5. The molecule has 0 radical (unpaired) electrons. The lowest BCUT2D eigenvalue weighted by molar-refractivity contribution is 0.323. The fourth-order valence-corrected chi connectivity index (χ4v) is 3.18. The highest BCUT2D eigenvalue weighted by atomic mass is 79.9. The van der Waals surface area contributed by atoms with E-state index in [-0.39, 0.29) is 11.0 Å². The maximum atomic E-state index is 3.99. The van der Waals surface area contributed by atoms with E-state index in [9.17, 15) is 0 Å². The molecule has 0 aliphatic heterocycles. The van der Waals surface area contributed by atoms with Crippen molar-refractivity contribution < 1.29 is 0 Å². The first-order chi connectivity index (χ1) is 7.76. The Morgan fingerprint density at radius 3 is 2.47 bits per heavy atom. The van der Waals surface area contributed by atoms with Crippen LogP contribution in [0.15, 0.2) is 28.6 Å². The van der Waals surface area contributed by atoms with E-state index >= 15 is 0 Å². The van der Waals surface area contributed by atoms with E-state index in [0.717, 1.165) is 13.0 Å². The highest BCUT2D eigenvalue weighted by molar-refractivity contribution is 9.10. The lowest BCUT2D eigenvalue weighted by Gasteiger charge is -2.31. The Bertz CT molecular complexity index is 378. The maximum Gasteiger partial charge on any atom is 0.0314 e. The average Bonchev–Trinajstić information content (AvgIpc) is 2.61. The summed E-state index contributed by atoms with van der Waals surface area (Å²) in [6.07, 6.45) is 3.09. The van der Waals surface area contributed by atoms with E-state index < -0.39 is 0 Å². The number of thiophene rings is 1. The summed E-state index contributed by atoms with van der Waals surface area (Å²) < 4.78 is 1.21. The highest BCUT2D eigenvalue weighted by Crippen LogP contribution is 2.31. The molecule has 17 heavy (non-hydrogen) atoms. The average molecular weight is 316 g/mol. The van der Waals surface area contributed by atoms with Crippen molar-refractivity contribution in [2.45, 2.75) is 39.7 Å². The number of rotatable bonds is 5. The fraction of sp³-hybridized carbons (Fsp3) is 0.571. The molecule has 0 spiro atoms. The van der Waals surface area contributed by atoms with Gasteiger partial charge in [-0.1, -0.05) is 13.0 Å². The predicted molar refractivity (Wildman–Crippen MR) is 81.8 cm³/mol. The number of hydrogen-bond donors (Lipinski definition) is 1. The molecule has 1 heterocycles. The van der Waals surface area contributed by atoms with Crippen molar-refractivity contribution in [1.29, 1.82) is 0 Å². The zero-order chi connectivity index (χ0) is 13.1. The van der Waals surface area contributed by atoms with Crippen LogP contribution in [0.1, 0.15) is 32.6 Å². The molecule has 1 aromatic heterocycles.